The molecule has 0 saturated carbocycles. The predicted molar refractivity (Wildman–Crippen MR) is 75.4 cm³/mol. The number of imidazole rings is 1. The largest absolute Gasteiger partial charge is 0.326 e. The van der Waals surface area contributed by atoms with Gasteiger partial charge in [-0.25, -0.2) is 4.98 Å². The van der Waals surface area contributed by atoms with Crippen molar-refractivity contribution in [2.45, 2.75) is 6.54 Å². The summed E-state index contributed by atoms with van der Waals surface area (Å²) in [7, 11) is 0. The van der Waals surface area contributed by atoms with Gasteiger partial charge in [-0.15, -0.1) is 0 Å². The Bertz CT molecular complexity index is 599. The van der Waals surface area contributed by atoms with Crippen molar-refractivity contribution in [2.24, 2.45) is 0 Å². The van der Waals surface area contributed by atoms with E-state index in [2.05, 4.69) is 31.7 Å². The van der Waals surface area contributed by atoms with E-state index in [1.807, 2.05) is 42.7 Å². The Morgan fingerprint density at radius 3 is 2.83 bits per heavy atom. The lowest BCUT2D eigenvalue weighted by Gasteiger charge is -2.08. The zero-order chi connectivity index (χ0) is 12.2. The molecule has 3 nitrogen and oxygen atoms in total. The van der Waals surface area contributed by atoms with Crippen LogP contribution in [0.2, 0.25) is 0 Å². The minimum atomic E-state index is 0.846. The number of benzene rings is 1. The summed E-state index contributed by atoms with van der Waals surface area (Å²) < 4.78 is 2.11. The highest BCUT2D eigenvalue weighted by atomic mass is 32.1. The third kappa shape index (κ3) is 2.43. The van der Waals surface area contributed by atoms with Gasteiger partial charge >= 0.3 is 0 Å². The highest BCUT2D eigenvalue weighted by Crippen LogP contribution is 2.16. The van der Waals surface area contributed by atoms with E-state index in [-0.39, 0.29) is 0 Å². The Morgan fingerprint density at radius 2 is 2.06 bits per heavy atom. The molecule has 0 fully saturated rings. The van der Waals surface area contributed by atoms with Crippen molar-refractivity contribution in [3.8, 4) is 0 Å². The predicted octanol–water partition coefficient (Wildman–Crippen LogP) is 3.74. The van der Waals surface area contributed by atoms with Crippen LogP contribution in [0.15, 0.2) is 59.6 Å². The maximum atomic E-state index is 4.35. The normalized spacial score (nSPS) is 10.4. The number of anilines is 2. The van der Waals surface area contributed by atoms with Gasteiger partial charge in [0.25, 0.3) is 0 Å². The molecule has 0 unspecified atom stereocenters. The molecule has 3 rings (SSSR count). The maximum absolute atomic E-state index is 4.35. The number of hydrogen-bond donors (Lipinski definition) is 1. The van der Waals surface area contributed by atoms with Crippen LogP contribution < -0.4 is 5.32 Å². The minimum Gasteiger partial charge on any atom is -0.326 e. The first-order valence-electron chi connectivity index (χ1n) is 5.76. The number of hydrogen-bond acceptors (Lipinski definition) is 3. The van der Waals surface area contributed by atoms with Crippen molar-refractivity contribution in [2.75, 3.05) is 5.32 Å². The summed E-state index contributed by atoms with van der Waals surface area (Å²) in [6.07, 6.45) is 3.81. The number of thiophene rings is 1. The average molecular weight is 255 g/mol. The third-order valence-electron chi connectivity index (χ3n) is 2.68. The van der Waals surface area contributed by atoms with Crippen molar-refractivity contribution in [1.82, 2.24) is 9.55 Å². The summed E-state index contributed by atoms with van der Waals surface area (Å²) >= 11 is 1.72. The molecule has 1 N–H and O–H groups in total. The second-order valence-corrected chi connectivity index (χ2v) is 4.78. The molecule has 3 aromatic rings. The topological polar surface area (TPSA) is 29.9 Å². The number of nitrogens with zero attached hydrogens (tertiary/aromatic N) is 2. The van der Waals surface area contributed by atoms with E-state index in [9.17, 15) is 0 Å². The molecule has 0 saturated heterocycles. The monoisotopic (exact) mass is 255 g/mol. The van der Waals surface area contributed by atoms with Crippen LogP contribution >= 0.6 is 11.3 Å². The van der Waals surface area contributed by atoms with Crippen molar-refractivity contribution < 1.29 is 0 Å². The van der Waals surface area contributed by atoms with E-state index >= 15 is 0 Å². The molecule has 2 heterocycles. The molecular weight excluding hydrogens is 242 g/mol. The first kappa shape index (κ1) is 11.0. The molecule has 0 amide bonds. The van der Waals surface area contributed by atoms with E-state index in [1.165, 1.54) is 5.56 Å². The van der Waals surface area contributed by atoms with Crippen molar-refractivity contribution in [1.29, 1.82) is 0 Å². The van der Waals surface area contributed by atoms with Gasteiger partial charge in [0.05, 0.1) is 6.54 Å². The van der Waals surface area contributed by atoms with E-state index in [4.69, 9.17) is 0 Å². The molecule has 1 aromatic carbocycles. The molecule has 2 aromatic heterocycles. The Balaban J connectivity index is 1.79. The molecule has 0 aliphatic rings. The fourth-order valence-electron chi connectivity index (χ4n) is 1.79. The first-order valence-corrected chi connectivity index (χ1v) is 6.70. The average Bonchev–Trinajstić information content (AvgIpc) is 3.04. The fraction of sp³-hybridized carbons (Fsp3) is 0.0714. The molecule has 4 heteroatoms. The molecular formula is C14H13N3S. The molecule has 18 heavy (non-hydrogen) atoms. The first-order chi connectivity index (χ1) is 8.92. The van der Waals surface area contributed by atoms with Gasteiger partial charge in [0.15, 0.2) is 0 Å². The van der Waals surface area contributed by atoms with Gasteiger partial charge in [0, 0.05) is 18.1 Å². The van der Waals surface area contributed by atoms with Crippen LogP contribution in [-0.4, -0.2) is 9.55 Å². The molecule has 0 aliphatic heterocycles. The van der Waals surface area contributed by atoms with Gasteiger partial charge < -0.3 is 9.88 Å². The van der Waals surface area contributed by atoms with Gasteiger partial charge in [-0.1, -0.05) is 18.2 Å². The van der Waals surface area contributed by atoms with E-state index in [0.29, 0.717) is 0 Å². The van der Waals surface area contributed by atoms with Gasteiger partial charge in [0.1, 0.15) is 0 Å². The Hall–Kier alpha value is -2.07. The molecule has 90 valence electrons. The van der Waals surface area contributed by atoms with Gasteiger partial charge in [-0.05, 0) is 34.5 Å². The Kier molecular flexibility index (Phi) is 3.10. The van der Waals surface area contributed by atoms with Crippen molar-refractivity contribution in [3.63, 3.8) is 0 Å². The van der Waals surface area contributed by atoms with Crippen molar-refractivity contribution >= 4 is 23.0 Å². The van der Waals surface area contributed by atoms with Gasteiger partial charge in [0.2, 0.25) is 5.95 Å². The van der Waals surface area contributed by atoms with Crippen molar-refractivity contribution in [3.05, 3.63) is 65.1 Å². The lowest BCUT2D eigenvalue weighted by molar-refractivity contribution is 0.811. The third-order valence-corrected chi connectivity index (χ3v) is 3.41. The lowest BCUT2D eigenvalue weighted by atomic mass is 10.3. The van der Waals surface area contributed by atoms with Crippen LogP contribution in [-0.2, 0) is 6.54 Å². The Labute approximate surface area is 110 Å². The van der Waals surface area contributed by atoms with E-state index < -0.39 is 0 Å². The quantitative estimate of drug-likeness (QED) is 0.769. The fourth-order valence-corrected chi connectivity index (χ4v) is 2.45. The highest BCUT2D eigenvalue weighted by molar-refractivity contribution is 7.07. The molecule has 0 aliphatic carbocycles. The standard InChI is InChI=1S/C14H13N3S/c1-2-4-13(5-3-1)16-14-15-7-8-17(14)10-12-6-9-18-11-12/h1-9,11H,10H2,(H,15,16). The van der Waals surface area contributed by atoms with Crippen LogP contribution in [0.1, 0.15) is 5.56 Å². The number of para-hydroxylation sites is 1. The highest BCUT2D eigenvalue weighted by Gasteiger charge is 2.03. The zero-order valence-electron chi connectivity index (χ0n) is 9.78. The molecule has 0 bridgehead atoms. The summed E-state index contributed by atoms with van der Waals surface area (Å²) in [5.74, 6) is 0.868. The number of nitrogens with one attached hydrogen (secondary N) is 1. The maximum Gasteiger partial charge on any atom is 0.207 e. The second-order valence-electron chi connectivity index (χ2n) is 4.00. The van der Waals surface area contributed by atoms with Crippen LogP contribution in [0.5, 0.6) is 0 Å². The SMILES string of the molecule is c1ccc(Nc2nccn2Cc2ccsc2)cc1. The van der Waals surface area contributed by atoms with Crippen LogP contribution in [0.25, 0.3) is 0 Å². The Morgan fingerprint density at radius 1 is 1.17 bits per heavy atom. The molecule has 0 atom stereocenters. The van der Waals surface area contributed by atoms with E-state index in [1.54, 1.807) is 11.3 Å². The summed E-state index contributed by atoms with van der Waals surface area (Å²) in [5.41, 5.74) is 2.35. The van der Waals surface area contributed by atoms with Crippen LogP contribution in [0.4, 0.5) is 11.6 Å². The summed E-state index contributed by atoms with van der Waals surface area (Å²) in [5, 5.41) is 7.57. The summed E-state index contributed by atoms with van der Waals surface area (Å²) in [6.45, 7) is 0.846. The number of rotatable bonds is 4. The summed E-state index contributed by atoms with van der Waals surface area (Å²) in [4.78, 5) is 4.35. The zero-order valence-corrected chi connectivity index (χ0v) is 10.6. The smallest absolute Gasteiger partial charge is 0.207 e. The molecule has 0 spiro atoms. The van der Waals surface area contributed by atoms with Crippen LogP contribution in [0, 0.1) is 0 Å². The second kappa shape index (κ2) is 5.06. The van der Waals surface area contributed by atoms with E-state index in [0.717, 1.165) is 18.2 Å². The van der Waals surface area contributed by atoms with Crippen LogP contribution in [0.3, 0.4) is 0 Å². The lowest BCUT2D eigenvalue weighted by Crippen LogP contribution is -2.03. The van der Waals surface area contributed by atoms with Gasteiger partial charge in [-0.2, -0.15) is 11.3 Å². The van der Waals surface area contributed by atoms with Gasteiger partial charge in [-0.3, -0.25) is 0 Å². The minimum absolute atomic E-state index is 0.846. The summed E-state index contributed by atoms with van der Waals surface area (Å²) in [6, 6.07) is 12.2. The molecule has 0 radical (unpaired) electrons. The number of aromatic nitrogens is 2.